The fourth-order valence-electron chi connectivity index (χ4n) is 2.53. The summed E-state index contributed by atoms with van der Waals surface area (Å²) in [7, 11) is 1.62. The van der Waals surface area contributed by atoms with Gasteiger partial charge in [-0.2, -0.15) is 0 Å². The van der Waals surface area contributed by atoms with Crippen molar-refractivity contribution in [3.8, 4) is 22.7 Å². The summed E-state index contributed by atoms with van der Waals surface area (Å²) in [5, 5.41) is 8.20. The molecule has 0 amide bonds. The van der Waals surface area contributed by atoms with Gasteiger partial charge in [-0.3, -0.25) is 4.79 Å². The molecule has 2 aromatic carbocycles. The normalized spacial score (nSPS) is 10.6. The summed E-state index contributed by atoms with van der Waals surface area (Å²) in [5.41, 5.74) is 5.03. The van der Waals surface area contributed by atoms with Gasteiger partial charge < -0.3 is 4.74 Å². The number of rotatable bonds is 4. The summed E-state index contributed by atoms with van der Waals surface area (Å²) < 4.78 is 6.90. The highest BCUT2D eigenvalue weighted by Crippen LogP contribution is 2.28. The van der Waals surface area contributed by atoms with Gasteiger partial charge in [0.25, 0.3) is 0 Å². The van der Waals surface area contributed by atoms with Crippen LogP contribution in [0.5, 0.6) is 5.75 Å². The first-order chi connectivity index (χ1) is 11.2. The molecule has 0 atom stereocenters. The molecule has 0 N–H and O–H groups in total. The number of nitrogens with zero attached hydrogens (tertiary/aromatic N) is 3. The van der Waals surface area contributed by atoms with Gasteiger partial charge in [0.2, 0.25) is 0 Å². The average Bonchev–Trinajstić information content (AvgIpc) is 3.01. The monoisotopic (exact) mass is 307 g/mol. The minimum absolute atomic E-state index is 0.316. The molecule has 0 aliphatic rings. The Bertz CT molecular complexity index is 851. The molecule has 5 nitrogen and oxygen atoms in total. The molecule has 0 radical (unpaired) electrons. The highest BCUT2D eigenvalue weighted by molar-refractivity contribution is 5.84. The molecular formula is C18H17N3O2. The third-order valence-corrected chi connectivity index (χ3v) is 3.98. The molecule has 3 aromatic rings. The van der Waals surface area contributed by atoms with Crippen LogP contribution in [0.1, 0.15) is 21.6 Å². The van der Waals surface area contributed by atoms with Crippen molar-refractivity contribution in [3.63, 3.8) is 0 Å². The number of aryl methyl sites for hydroxylation is 1. The van der Waals surface area contributed by atoms with Crippen LogP contribution in [-0.4, -0.2) is 28.4 Å². The van der Waals surface area contributed by atoms with Gasteiger partial charge in [0.05, 0.1) is 12.8 Å². The first kappa shape index (κ1) is 15.0. The quantitative estimate of drug-likeness (QED) is 0.693. The number of ether oxygens (including phenoxy) is 1. The Hall–Kier alpha value is -2.95. The SMILES string of the molecule is COc1ccc(-c2c(C=O)nnn2-c2cccc(C)c2C)cc1. The van der Waals surface area contributed by atoms with Crippen molar-refractivity contribution >= 4 is 6.29 Å². The molecule has 0 bridgehead atoms. The van der Waals surface area contributed by atoms with Crippen molar-refractivity contribution < 1.29 is 9.53 Å². The van der Waals surface area contributed by atoms with Crippen LogP contribution >= 0.6 is 0 Å². The van der Waals surface area contributed by atoms with Gasteiger partial charge in [-0.05, 0) is 55.3 Å². The van der Waals surface area contributed by atoms with Crippen LogP contribution in [-0.2, 0) is 0 Å². The first-order valence-electron chi connectivity index (χ1n) is 7.27. The van der Waals surface area contributed by atoms with E-state index in [-0.39, 0.29) is 0 Å². The summed E-state index contributed by atoms with van der Waals surface area (Å²) in [6.07, 6.45) is 0.730. The molecule has 3 rings (SSSR count). The number of carbonyl (C=O) groups excluding carboxylic acids is 1. The largest absolute Gasteiger partial charge is 0.497 e. The maximum absolute atomic E-state index is 11.4. The Morgan fingerprint density at radius 3 is 2.48 bits per heavy atom. The van der Waals surface area contributed by atoms with Crippen LogP contribution in [0.4, 0.5) is 0 Å². The fourth-order valence-corrected chi connectivity index (χ4v) is 2.53. The van der Waals surface area contributed by atoms with Crippen LogP contribution in [0.2, 0.25) is 0 Å². The number of hydrogen-bond donors (Lipinski definition) is 0. The second kappa shape index (κ2) is 6.04. The van der Waals surface area contributed by atoms with Gasteiger partial charge in [-0.1, -0.05) is 17.3 Å². The molecule has 0 aliphatic carbocycles. The number of hydrogen-bond acceptors (Lipinski definition) is 4. The van der Waals surface area contributed by atoms with Gasteiger partial charge in [0.1, 0.15) is 11.4 Å². The molecule has 23 heavy (non-hydrogen) atoms. The van der Waals surface area contributed by atoms with Gasteiger partial charge in [0.15, 0.2) is 12.0 Å². The average molecular weight is 307 g/mol. The maximum atomic E-state index is 11.4. The van der Waals surface area contributed by atoms with Crippen LogP contribution in [0.25, 0.3) is 16.9 Å². The minimum atomic E-state index is 0.316. The zero-order valence-corrected chi connectivity index (χ0v) is 13.3. The van der Waals surface area contributed by atoms with Gasteiger partial charge >= 0.3 is 0 Å². The Kier molecular flexibility index (Phi) is 3.93. The standard InChI is InChI=1S/C18H17N3O2/c1-12-5-4-6-17(13(12)2)21-18(16(11-22)19-20-21)14-7-9-15(23-3)10-8-14/h4-11H,1-3H3. The molecule has 0 aliphatic heterocycles. The van der Waals surface area contributed by atoms with E-state index in [1.165, 1.54) is 0 Å². The fraction of sp³-hybridized carbons (Fsp3) is 0.167. The highest BCUT2D eigenvalue weighted by Gasteiger charge is 2.17. The molecule has 1 heterocycles. The minimum Gasteiger partial charge on any atom is -0.497 e. The molecular weight excluding hydrogens is 290 g/mol. The van der Waals surface area contributed by atoms with Crippen molar-refractivity contribution in [2.75, 3.05) is 7.11 Å². The van der Waals surface area contributed by atoms with E-state index < -0.39 is 0 Å². The van der Waals surface area contributed by atoms with Crippen molar-refractivity contribution in [2.45, 2.75) is 13.8 Å². The molecule has 116 valence electrons. The number of aromatic nitrogens is 3. The molecule has 0 spiro atoms. The van der Waals surface area contributed by atoms with Crippen LogP contribution in [0.15, 0.2) is 42.5 Å². The van der Waals surface area contributed by atoms with E-state index in [1.54, 1.807) is 11.8 Å². The number of benzene rings is 2. The van der Waals surface area contributed by atoms with E-state index in [2.05, 4.69) is 10.3 Å². The lowest BCUT2D eigenvalue weighted by molar-refractivity contribution is 0.111. The lowest BCUT2D eigenvalue weighted by atomic mass is 10.1. The molecule has 5 heteroatoms. The predicted molar refractivity (Wildman–Crippen MR) is 88.2 cm³/mol. The van der Waals surface area contributed by atoms with Gasteiger partial charge in [0, 0.05) is 5.56 Å². The van der Waals surface area contributed by atoms with Gasteiger partial charge in [-0.15, -0.1) is 5.10 Å². The van der Waals surface area contributed by atoms with Crippen LogP contribution in [0.3, 0.4) is 0 Å². The van der Waals surface area contributed by atoms with E-state index in [4.69, 9.17) is 4.74 Å². The van der Waals surface area contributed by atoms with E-state index in [9.17, 15) is 4.79 Å². The molecule has 0 saturated carbocycles. The Morgan fingerprint density at radius 1 is 1.09 bits per heavy atom. The topological polar surface area (TPSA) is 57.0 Å². The summed E-state index contributed by atoms with van der Waals surface area (Å²) in [6, 6.07) is 13.5. The van der Waals surface area contributed by atoms with E-state index in [0.29, 0.717) is 11.4 Å². The first-order valence-corrected chi connectivity index (χ1v) is 7.27. The van der Waals surface area contributed by atoms with Crippen LogP contribution < -0.4 is 4.74 Å². The highest BCUT2D eigenvalue weighted by atomic mass is 16.5. The zero-order chi connectivity index (χ0) is 16.4. The van der Waals surface area contributed by atoms with Crippen LogP contribution in [0, 0.1) is 13.8 Å². The van der Waals surface area contributed by atoms with E-state index in [0.717, 1.165) is 34.4 Å². The third kappa shape index (κ3) is 2.61. The summed E-state index contributed by atoms with van der Waals surface area (Å²) in [6.45, 7) is 4.08. The lowest BCUT2D eigenvalue weighted by Crippen LogP contribution is -2.03. The van der Waals surface area contributed by atoms with Crippen molar-refractivity contribution in [3.05, 3.63) is 59.3 Å². The third-order valence-electron chi connectivity index (χ3n) is 3.98. The molecule has 0 saturated heterocycles. The van der Waals surface area contributed by atoms with Crippen molar-refractivity contribution in [1.29, 1.82) is 0 Å². The summed E-state index contributed by atoms with van der Waals surface area (Å²) in [5.74, 6) is 0.757. The zero-order valence-electron chi connectivity index (χ0n) is 13.3. The lowest BCUT2D eigenvalue weighted by Gasteiger charge is -2.12. The Labute approximate surface area is 134 Å². The Balaban J connectivity index is 2.21. The molecule has 1 aromatic heterocycles. The number of methoxy groups -OCH3 is 1. The molecule has 0 unspecified atom stereocenters. The summed E-state index contributed by atoms with van der Waals surface area (Å²) in [4.78, 5) is 11.4. The van der Waals surface area contributed by atoms with Crippen molar-refractivity contribution in [1.82, 2.24) is 15.0 Å². The second-order valence-electron chi connectivity index (χ2n) is 5.30. The summed E-state index contributed by atoms with van der Waals surface area (Å²) >= 11 is 0. The van der Waals surface area contributed by atoms with E-state index in [1.807, 2.05) is 56.3 Å². The Morgan fingerprint density at radius 2 is 1.83 bits per heavy atom. The predicted octanol–water partition coefficient (Wildman–Crippen LogP) is 3.37. The molecule has 0 fully saturated rings. The number of carbonyl (C=O) groups is 1. The maximum Gasteiger partial charge on any atom is 0.172 e. The van der Waals surface area contributed by atoms with Gasteiger partial charge in [-0.25, -0.2) is 4.68 Å². The second-order valence-corrected chi connectivity index (χ2v) is 5.30. The van der Waals surface area contributed by atoms with Crippen molar-refractivity contribution in [2.24, 2.45) is 0 Å². The van der Waals surface area contributed by atoms with E-state index >= 15 is 0 Å². The smallest absolute Gasteiger partial charge is 0.172 e. The number of aldehydes is 1.